The van der Waals surface area contributed by atoms with E-state index in [1.165, 1.54) is 4.90 Å². The molecule has 1 heterocycles. The minimum Gasteiger partial charge on any atom is -0.393 e. The quantitative estimate of drug-likeness (QED) is 0.181. The average molecular weight is 598 g/mol. The van der Waals surface area contributed by atoms with E-state index in [1.807, 2.05) is 79.0 Å². The molecule has 4 rings (SSSR count). The fraction of sp³-hybridized carbons (Fsp3) is 0.343. The minimum atomic E-state index is -1.05. The summed E-state index contributed by atoms with van der Waals surface area (Å²) in [6, 6.07) is 20.8. The van der Waals surface area contributed by atoms with E-state index in [0.29, 0.717) is 16.7 Å². The van der Waals surface area contributed by atoms with Crippen LogP contribution in [0.4, 0.5) is 0 Å². The molecule has 6 N–H and O–H groups in total. The topological polar surface area (TPSA) is 146 Å². The van der Waals surface area contributed by atoms with E-state index >= 15 is 0 Å². The Kier molecular flexibility index (Phi) is 10.7. The van der Waals surface area contributed by atoms with Gasteiger partial charge in [-0.15, -0.1) is 0 Å². The summed E-state index contributed by atoms with van der Waals surface area (Å²) in [4.78, 5) is 47.7. The predicted molar refractivity (Wildman–Crippen MR) is 173 cm³/mol. The Bertz CT molecular complexity index is 1600. The molecule has 44 heavy (non-hydrogen) atoms. The summed E-state index contributed by atoms with van der Waals surface area (Å²) in [5.74, 6) is -1.81. The maximum Gasteiger partial charge on any atom is 0.256 e. The number of nitrogens with one attached hydrogen (secondary N) is 1. The Morgan fingerprint density at radius 1 is 0.841 bits per heavy atom. The number of carbonyl (C=O) groups is 3. The third kappa shape index (κ3) is 7.24. The number of para-hydroxylation sites is 1. The molecule has 0 saturated heterocycles. The van der Waals surface area contributed by atoms with Crippen molar-refractivity contribution in [3.8, 4) is 11.1 Å². The number of carbonyl (C=O) groups excluding carboxylic acids is 3. The molecule has 0 fully saturated rings. The number of H-pyrrole nitrogens is 1. The summed E-state index contributed by atoms with van der Waals surface area (Å²) < 4.78 is 0. The van der Waals surface area contributed by atoms with Gasteiger partial charge in [0.2, 0.25) is 11.8 Å². The fourth-order valence-electron chi connectivity index (χ4n) is 5.37. The molecule has 2 unspecified atom stereocenters. The number of rotatable bonds is 12. The Balaban J connectivity index is 1.70. The molecule has 0 bridgehead atoms. The largest absolute Gasteiger partial charge is 0.393 e. The lowest BCUT2D eigenvalue weighted by Crippen LogP contribution is -2.57. The van der Waals surface area contributed by atoms with Crippen LogP contribution < -0.4 is 11.5 Å². The van der Waals surface area contributed by atoms with Gasteiger partial charge in [0, 0.05) is 23.6 Å². The highest BCUT2D eigenvalue weighted by molar-refractivity contribution is 6.04. The molecule has 0 saturated carbocycles. The first-order valence-corrected chi connectivity index (χ1v) is 15.1. The molecule has 3 atom stereocenters. The lowest BCUT2D eigenvalue weighted by molar-refractivity contribution is -0.149. The fourth-order valence-corrected chi connectivity index (χ4v) is 5.37. The summed E-state index contributed by atoms with van der Waals surface area (Å²) in [7, 11) is 0. The van der Waals surface area contributed by atoms with Crippen LogP contribution in [0.1, 0.15) is 49.2 Å². The third-order valence-electron chi connectivity index (χ3n) is 7.91. The van der Waals surface area contributed by atoms with Gasteiger partial charge in [0.05, 0.1) is 23.8 Å². The molecule has 0 aliphatic carbocycles. The number of nitrogens with zero attached hydrogens (tertiary/aromatic N) is 2. The van der Waals surface area contributed by atoms with E-state index in [4.69, 9.17) is 11.5 Å². The zero-order valence-electron chi connectivity index (χ0n) is 25.9. The number of aliphatic hydroxyl groups excluding tert-OH is 1. The average Bonchev–Trinajstić information content (AvgIpc) is 3.42. The van der Waals surface area contributed by atoms with E-state index in [2.05, 4.69) is 4.98 Å². The van der Waals surface area contributed by atoms with E-state index in [1.54, 1.807) is 27.7 Å². The summed E-state index contributed by atoms with van der Waals surface area (Å²) in [6.45, 7) is 6.96. The second kappa shape index (κ2) is 14.4. The number of aromatic nitrogens is 1. The first-order valence-electron chi connectivity index (χ1n) is 15.1. The van der Waals surface area contributed by atoms with Crippen LogP contribution in [0.15, 0.2) is 79.0 Å². The summed E-state index contributed by atoms with van der Waals surface area (Å²) >= 11 is 0. The van der Waals surface area contributed by atoms with Crippen molar-refractivity contribution >= 4 is 28.6 Å². The monoisotopic (exact) mass is 597 g/mol. The summed E-state index contributed by atoms with van der Waals surface area (Å²) in [6.07, 6.45) is 1.58. The zero-order chi connectivity index (χ0) is 32.0. The van der Waals surface area contributed by atoms with Gasteiger partial charge in [-0.05, 0) is 60.9 Å². The number of hydrogen-bond donors (Lipinski definition) is 4. The van der Waals surface area contributed by atoms with Crippen LogP contribution >= 0.6 is 0 Å². The van der Waals surface area contributed by atoms with E-state index in [-0.39, 0.29) is 37.9 Å². The molecule has 1 aromatic heterocycles. The van der Waals surface area contributed by atoms with Crippen molar-refractivity contribution in [1.82, 2.24) is 14.8 Å². The van der Waals surface area contributed by atoms with Gasteiger partial charge in [-0.1, -0.05) is 80.6 Å². The van der Waals surface area contributed by atoms with Gasteiger partial charge >= 0.3 is 0 Å². The second-order valence-electron chi connectivity index (χ2n) is 11.6. The molecule has 0 radical (unpaired) electrons. The predicted octanol–water partition coefficient (Wildman–Crippen LogP) is 4.09. The molecule has 3 aromatic carbocycles. The zero-order valence-corrected chi connectivity index (χ0v) is 25.9. The first-order chi connectivity index (χ1) is 21.0. The molecule has 9 heteroatoms. The highest BCUT2D eigenvalue weighted by Crippen LogP contribution is 2.29. The van der Waals surface area contributed by atoms with Gasteiger partial charge in [-0.2, -0.15) is 0 Å². The van der Waals surface area contributed by atoms with Crippen molar-refractivity contribution in [3.05, 3.63) is 95.7 Å². The van der Waals surface area contributed by atoms with Crippen molar-refractivity contribution in [2.24, 2.45) is 17.4 Å². The van der Waals surface area contributed by atoms with Crippen LogP contribution in [0.5, 0.6) is 0 Å². The Hall–Kier alpha value is -4.31. The van der Waals surface area contributed by atoms with Crippen LogP contribution in [-0.2, 0) is 22.4 Å². The maximum atomic E-state index is 14.4. The van der Waals surface area contributed by atoms with Gasteiger partial charge in [0.25, 0.3) is 5.91 Å². The van der Waals surface area contributed by atoms with Crippen LogP contribution in [0.3, 0.4) is 0 Å². The molecule has 232 valence electrons. The van der Waals surface area contributed by atoms with Gasteiger partial charge in [0.15, 0.2) is 0 Å². The number of nitrogens with two attached hydrogens (primary N) is 2. The smallest absolute Gasteiger partial charge is 0.256 e. The molecular weight excluding hydrogens is 554 g/mol. The number of imide groups is 1. The highest BCUT2D eigenvalue weighted by Gasteiger charge is 2.34. The van der Waals surface area contributed by atoms with E-state index in [9.17, 15) is 19.5 Å². The van der Waals surface area contributed by atoms with Gasteiger partial charge in [-0.25, -0.2) is 0 Å². The van der Waals surface area contributed by atoms with Gasteiger partial charge in [0.1, 0.15) is 6.67 Å². The van der Waals surface area contributed by atoms with Gasteiger partial charge in [-0.3, -0.25) is 19.3 Å². The number of aromatic amines is 1. The Morgan fingerprint density at radius 3 is 2.18 bits per heavy atom. The number of hydrogen-bond acceptors (Lipinski definition) is 6. The molecule has 0 spiro atoms. The van der Waals surface area contributed by atoms with E-state index < -0.39 is 30.0 Å². The number of fused-ring (bicyclic) bond motifs is 1. The molecule has 0 aliphatic rings. The number of aliphatic hydroxyl groups is 1. The van der Waals surface area contributed by atoms with E-state index in [0.717, 1.165) is 26.9 Å². The lowest BCUT2D eigenvalue weighted by atomic mass is 9.92. The summed E-state index contributed by atoms with van der Waals surface area (Å²) in [5.41, 5.74) is 17.1. The van der Waals surface area contributed by atoms with Crippen molar-refractivity contribution in [2.45, 2.75) is 58.7 Å². The molecular formula is C35H43N5O4. The Morgan fingerprint density at radius 2 is 1.52 bits per heavy atom. The Labute approximate surface area is 258 Å². The highest BCUT2D eigenvalue weighted by atomic mass is 16.3. The molecule has 4 aromatic rings. The summed E-state index contributed by atoms with van der Waals surface area (Å²) in [5, 5.41) is 11.2. The molecule has 0 aliphatic heterocycles. The third-order valence-corrected chi connectivity index (χ3v) is 7.91. The lowest BCUT2D eigenvalue weighted by Gasteiger charge is -2.33. The van der Waals surface area contributed by atoms with Crippen LogP contribution in [-0.4, -0.2) is 69.0 Å². The number of amides is 3. The normalized spacial score (nSPS) is 13.5. The second-order valence-corrected chi connectivity index (χ2v) is 11.6. The van der Waals surface area contributed by atoms with Crippen molar-refractivity contribution in [3.63, 3.8) is 0 Å². The van der Waals surface area contributed by atoms with Crippen LogP contribution in [0.25, 0.3) is 22.0 Å². The molecule has 9 nitrogen and oxygen atoms in total. The van der Waals surface area contributed by atoms with Crippen molar-refractivity contribution in [2.75, 3.05) is 13.2 Å². The SMILES string of the molecule is CCN(CN(C(=O)C(N)Cc1c[nH]c2ccccc12)C(=O)C(N)C(C)C)C(=O)c1c(C[C@@H](C)O)cccc1-c1ccccc1. The maximum absolute atomic E-state index is 14.4. The standard InChI is InChI=1S/C35H43N5O4/c1-5-39(34(43)31-25(18-23(4)41)14-11-16-28(31)24-12-7-6-8-13-24)21-40(35(44)32(37)22(2)3)33(42)29(36)19-26-20-38-30-17-10-9-15-27(26)30/h6-17,20,22-23,29,32,38,41H,5,18-19,21,36-37H2,1-4H3/t23-,29?,32?/m1/s1. The van der Waals surface area contributed by atoms with Gasteiger partial charge < -0.3 is 26.5 Å². The van der Waals surface area contributed by atoms with Crippen molar-refractivity contribution < 1.29 is 19.5 Å². The van der Waals surface area contributed by atoms with Crippen LogP contribution in [0.2, 0.25) is 0 Å². The first kappa shape index (κ1) is 32.6. The number of benzene rings is 3. The minimum absolute atomic E-state index is 0.193. The van der Waals surface area contributed by atoms with Crippen molar-refractivity contribution in [1.29, 1.82) is 0 Å². The van der Waals surface area contributed by atoms with Crippen LogP contribution in [0, 0.1) is 5.92 Å². The molecule has 3 amide bonds.